The summed E-state index contributed by atoms with van der Waals surface area (Å²) in [6, 6.07) is 27.6. The summed E-state index contributed by atoms with van der Waals surface area (Å²) in [5, 5.41) is 5.61. The van der Waals surface area contributed by atoms with E-state index in [9.17, 15) is 0 Å². The molecule has 4 aromatic rings. The van der Waals surface area contributed by atoms with Crippen molar-refractivity contribution in [3.8, 4) is 0 Å². The summed E-state index contributed by atoms with van der Waals surface area (Å²) < 4.78 is 1.43. The zero-order chi connectivity index (χ0) is 22.0. The zero-order valence-electron chi connectivity index (χ0n) is 20.1. The molecule has 2 aliphatic carbocycles. The predicted octanol–water partition coefficient (Wildman–Crippen LogP) is 2.22. The van der Waals surface area contributed by atoms with E-state index in [-0.39, 0.29) is 24.8 Å². The molecule has 0 spiro atoms. The standard InChI is InChI=1S/2C14H11.C2H7Si.2ClH.Zr/c2*1-10-8-12-7-6-11-4-2-3-5-13(11)14(12)9-10;1-3-2;;;/h2*2-9H,1H3;3H,1-2H3;2*1H;/q;;;;;+2/p-2. The molecular formula is C30H29Cl2SiZr. The van der Waals surface area contributed by atoms with Gasteiger partial charge in [-0.25, -0.2) is 0 Å². The molecule has 0 unspecified atom stereocenters. The minimum absolute atomic E-state index is 0. The van der Waals surface area contributed by atoms with Gasteiger partial charge in [0.1, 0.15) is 0 Å². The van der Waals surface area contributed by atoms with Crippen LogP contribution in [0.15, 0.2) is 83.9 Å². The molecular weight excluding hydrogens is 551 g/mol. The minimum atomic E-state index is -1.92. The molecule has 2 atom stereocenters. The SMILES string of the molecule is CC1=Cc2c(ccc3ccccc23)[C@@H]1[Zr+2]([C@H]1C(C)=Cc2c1ccc1ccccc21)[SiH](C)C.[Cl-].[Cl-]. The van der Waals surface area contributed by atoms with Crippen LogP contribution in [0.2, 0.25) is 13.1 Å². The smallest absolute Gasteiger partial charge is 1.00 e. The molecule has 0 saturated heterocycles. The van der Waals surface area contributed by atoms with Crippen molar-refractivity contribution in [2.45, 2.75) is 34.2 Å². The molecule has 0 aromatic heterocycles. The number of allylic oxidation sites excluding steroid dienone is 2. The summed E-state index contributed by atoms with van der Waals surface area (Å²) >= 11 is -1.92. The number of benzene rings is 4. The molecule has 6 rings (SSSR count). The second kappa shape index (κ2) is 9.90. The van der Waals surface area contributed by atoms with Gasteiger partial charge >= 0.3 is 201 Å². The molecule has 4 aromatic carbocycles. The fraction of sp³-hybridized carbons (Fsp3) is 0.200. The fourth-order valence-corrected chi connectivity index (χ4v) is 29.5. The van der Waals surface area contributed by atoms with Gasteiger partial charge in [0.2, 0.25) is 0 Å². The van der Waals surface area contributed by atoms with E-state index in [2.05, 4.69) is 112 Å². The summed E-state index contributed by atoms with van der Waals surface area (Å²) in [5.41, 5.74) is 9.56. The van der Waals surface area contributed by atoms with Crippen molar-refractivity contribution < 1.29 is 45.7 Å². The first-order chi connectivity index (χ1) is 15.5. The Kier molecular flexibility index (Phi) is 7.47. The van der Waals surface area contributed by atoms with E-state index in [1.165, 1.54) is 32.7 Å². The maximum absolute atomic E-state index is 2.65. The Balaban J connectivity index is 0.00000137. The molecule has 0 bridgehead atoms. The van der Waals surface area contributed by atoms with Crippen molar-refractivity contribution in [2.75, 3.05) is 0 Å². The van der Waals surface area contributed by atoms with E-state index < -0.39 is 26.8 Å². The third kappa shape index (κ3) is 3.92. The van der Waals surface area contributed by atoms with Gasteiger partial charge in [-0.05, 0) is 0 Å². The first-order valence-electron chi connectivity index (χ1n) is 11.8. The number of fused-ring (bicyclic) bond motifs is 6. The Bertz CT molecular complexity index is 1350. The summed E-state index contributed by atoms with van der Waals surface area (Å²) in [4.78, 5) is 0. The van der Waals surface area contributed by atoms with Crippen LogP contribution in [0.25, 0.3) is 33.7 Å². The Hall–Kier alpha value is -1.44. The van der Waals surface area contributed by atoms with E-state index in [0.717, 1.165) is 7.25 Å². The van der Waals surface area contributed by atoms with Gasteiger partial charge in [-0.3, -0.25) is 0 Å². The molecule has 0 N–H and O–H groups in total. The van der Waals surface area contributed by atoms with E-state index in [0.29, 0.717) is 0 Å². The average molecular weight is 580 g/mol. The maximum atomic E-state index is 2.65. The second-order valence-corrected chi connectivity index (χ2v) is 29.9. The Morgan fingerprint density at radius 3 is 1.41 bits per heavy atom. The van der Waals surface area contributed by atoms with Crippen molar-refractivity contribution in [2.24, 2.45) is 0 Å². The van der Waals surface area contributed by atoms with Gasteiger partial charge in [0.15, 0.2) is 0 Å². The number of hydrogen-bond donors (Lipinski definition) is 0. The van der Waals surface area contributed by atoms with Gasteiger partial charge in [0.25, 0.3) is 0 Å². The van der Waals surface area contributed by atoms with Crippen molar-refractivity contribution in [1.29, 1.82) is 0 Å². The summed E-state index contributed by atoms with van der Waals surface area (Å²) in [7, 11) is 0. The normalized spacial score (nSPS) is 18.1. The molecule has 0 aliphatic heterocycles. The Morgan fingerprint density at radius 2 is 1.00 bits per heavy atom. The van der Waals surface area contributed by atoms with Crippen molar-refractivity contribution in [3.63, 3.8) is 0 Å². The van der Waals surface area contributed by atoms with E-state index in [4.69, 9.17) is 0 Å². The fourth-order valence-electron chi connectivity index (χ4n) is 6.28. The van der Waals surface area contributed by atoms with E-state index in [1.54, 1.807) is 22.3 Å². The molecule has 4 heteroatoms. The topological polar surface area (TPSA) is 0 Å². The van der Waals surface area contributed by atoms with Gasteiger partial charge in [0, 0.05) is 0 Å². The largest absolute Gasteiger partial charge is 1.00 e. The van der Waals surface area contributed by atoms with Crippen molar-refractivity contribution in [3.05, 3.63) is 106 Å². The first kappa shape index (κ1) is 25.6. The van der Waals surface area contributed by atoms with Gasteiger partial charge in [0.05, 0.1) is 0 Å². The monoisotopic (exact) mass is 577 g/mol. The van der Waals surface area contributed by atoms with Crippen LogP contribution in [-0.4, -0.2) is 5.92 Å². The van der Waals surface area contributed by atoms with E-state index >= 15 is 0 Å². The summed E-state index contributed by atoms with van der Waals surface area (Å²) in [6.45, 7) is 10.1. The van der Waals surface area contributed by atoms with Gasteiger partial charge < -0.3 is 24.8 Å². The van der Waals surface area contributed by atoms with E-state index in [1.807, 2.05) is 0 Å². The van der Waals surface area contributed by atoms with Crippen molar-refractivity contribution in [1.82, 2.24) is 0 Å². The molecule has 0 radical (unpaired) electrons. The molecule has 0 fully saturated rings. The molecule has 34 heavy (non-hydrogen) atoms. The van der Waals surface area contributed by atoms with Gasteiger partial charge in [-0.1, -0.05) is 0 Å². The third-order valence-electron chi connectivity index (χ3n) is 7.62. The minimum Gasteiger partial charge on any atom is -1.00 e. The number of hydrogen-bond acceptors (Lipinski definition) is 0. The maximum Gasteiger partial charge on any atom is -1.00 e. The number of rotatable bonds is 3. The van der Waals surface area contributed by atoms with Gasteiger partial charge in [-0.2, -0.15) is 0 Å². The van der Waals surface area contributed by atoms with Crippen LogP contribution in [0, 0.1) is 0 Å². The third-order valence-corrected chi connectivity index (χ3v) is 29.8. The Morgan fingerprint density at radius 1 is 0.588 bits per heavy atom. The molecule has 0 saturated carbocycles. The van der Waals surface area contributed by atoms with Crippen LogP contribution in [0.1, 0.15) is 43.4 Å². The average Bonchev–Trinajstić information content (AvgIpc) is 3.31. The van der Waals surface area contributed by atoms with Gasteiger partial charge in [-0.15, -0.1) is 0 Å². The summed E-state index contributed by atoms with van der Waals surface area (Å²) in [6.07, 6.45) is 5.07. The van der Waals surface area contributed by atoms with Crippen LogP contribution >= 0.6 is 0 Å². The van der Waals surface area contributed by atoms with Crippen LogP contribution in [0.5, 0.6) is 0 Å². The molecule has 0 amide bonds. The molecule has 0 nitrogen and oxygen atoms in total. The van der Waals surface area contributed by atoms with Crippen LogP contribution in [0.3, 0.4) is 0 Å². The quantitative estimate of drug-likeness (QED) is 0.327. The molecule has 2 aliphatic rings. The Labute approximate surface area is 224 Å². The van der Waals surface area contributed by atoms with Crippen LogP contribution in [-0.2, 0) is 20.9 Å². The second-order valence-electron chi connectivity index (χ2n) is 9.88. The van der Waals surface area contributed by atoms with Crippen molar-refractivity contribution >= 4 is 39.6 Å². The first-order valence-corrected chi connectivity index (χ1v) is 21.8. The number of halogens is 2. The molecule has 171 valence electrons. The molecule has 0 heterocycles. The summed E-state index contributed by atoms with van der Waals surface area (Å²) in [5.74, 6) is -0.796. The van der Waals surface area contributed by atoms with Crippen LogP contribution in [0.4, 0.5) is 0 Å². The zero-order valence-corrected chi connectivity index (χ0v) is 25.2. The predicted molar refractivity (Wildman–Crippen MR) is 140 cm³/mol. The van der Waals surface area contributed by atoms with Crippen LogP contribution < -0.4 is 24.8 Å².